The molecule has 0 saturated heterocycles. The van der Waals surface area contributed by atoms with Crippen LogP contribution in [0.15, 0.2) is 29.8 Å². The minimum atomic E-state index is -0.787. The summed E-state index contributed by atoms with van der Waals surface area (Å²) in [5.74, 6) is -1.56. The fourth-order valence-corrected chi connectivity index (χ4v) is 2.10. The van der Waals surface area contributed by atoms with E-state index in [1.165, 1.54) is 37.0 Å². The van der Waals surface area contributed by atoms with Crippen molar-refractivity contribution >= 4 is 0 Å². The van der Waals surface area contributed by atoms with Gasteiger partial charge in [-0.25, -0.2) is 8.78 Å². The third-order valence-corrected chi connectivity index (χ3v) is 3.07. The Hall–Kier alpha value is -1.22. The monoisotopic (exact) mass is 237 g/mol. The molecule has 2 rings (SSSR count). The summed E-state index contributed by atoms with van der Waals surface area (Å²) in [5, 5.41) is 3.25. The summed E-state index contributed by atoms with van der Waals surface area (Å²) in [4.78, 5) is 0. The molecule has 0 fully saturated rings. The maximum atomic E-state index is 12.9. The molecule has 0 atom stereocenters. The van der Waals surface area contributed by atoms with Crippen LogP contribution in [0.4, 0.5) is 8.78 Å². The molecule has 0 aliphatic heterocycles. The Bertz CT molecular complexity index is 413. The molecule has 0 unspecified atom stereocenters. The highest BCUT2D eigenvalue weighted by Crippen LogP contribution is 2.19. The van der Waals surface area contributed by atoms with E-state index in [-0.39, 0.29) is 0 Å². The predicted molar refractivity (Wildman–Crippen MR) is 64.6 cm³/mol. The van der Waals surface area contributed by atoms with Crippen LogP contribution in [0.2, 0.25) is 0 Å². The molecule has 1 N–H and O–H groups in total. The SMILES string of the molecule is Fc1ccc(CNCCC2=CCCC2)cc1F. The molecule has 0 spiro atoms. The van der Waals surface area contributed by atoms with Crippen molar-refractivity contribution in [2.24, 2.45) is 0 Å². The lowest BCUT2D eigenvalue weighted by Crippen LogP contribution is -2.15. The first kappa shape index (κ1) is 12.2. The van der Waals surface area contributed by atoms with Crippen molar-refractivity contribution < 1.29 is 8.78 Å². The second-order valence-electron chi connectivity index (χ2n) is 4.43. The molecule has 3 heteroatoms. The van der Waals surface area contributed by atoms with Gasteiger partial charge in [0.15, 0.2) is 11.6 Å². The molecule has 92 valence electrons. The molecule has 1 aromatic carbocycles. The molecule has 0 radical (unpaired) electrons. The molecular formula is C14H17F2N. The number of halogens is 2. The zero-order valence-electron chi connectivity index (χ0n) is 9.81. The zero-order valence-corrected chi connectivity index (χ0v) is 9.81. The summed E-state index contributed by atoms with van der Waals surface area (Å²) < 4.78 is 25.6. The van der Waals surface area contributed by atoms with Crippen LogP contribution >= 0.6 is 0 Å². The largest absolute Gasteiger partial charge is 0.312 e. The van der Waals surface area contributed by atoms with E-state index in [0.29, 0.717) is 6.54 Å². The van der Waals surface area contributed by atoms with Crippen LogP contribution < -0.4 is 5.32 Å². The summed E-state index contributed by atoms with van der Waals surface area (Å²) in [7, 11) is 0. The third-order valence-electron chi connectivity index (χ3n) is 3.07. The predicted octanol–water partition coefficient (Wildman–Crippen LogP) is 3.55. The summed E-state index contributed by atoms with van der Waals surface area (Å²) in [5.41, 5.74) is 2.30. The molecule has 0 aromatic heterocycles. The van der Waals surface area contributed by atoms with Gasteiger partial charge in [0.1, 0.15) is 0 Å². The Kier molecular flexibility index (Phi) is 4.26. The van der Waals surface area contributed by atoms with Crippen molar-refractivity contribution in [1.82, 2.24) is 5.32 Å². The lowest BCUT2D eigenvalue weighted by molar-refractivity contribution is 0.506. The number of hydrogen-bond donors (Lipinski definition) is 1. The third kappa shape index (κ3) is 3.63. The van der Waals surface area contributed by atoms with Crippen molar-refractivity contribution in [2.45, 2.75) is 32.2 Å². The second-order valence-corrected chi connectivity index (χ2v) is 4.43. The molecule has 1 aliphatic carbocycles. The number of rotatable bonds is 5. The van der Waals surface area contributed by atoms with E-state index < -0.39 is 11.6 Å². The standard InChI is InChI=1S/C14H17F2N/c15-13-6-5-12(9-14(13)16)10-17-8-7-11-3-1-2-4-11/h3,5-6,9,17H,1-2,4,7-8,10H2. The summed E-state index contributed by atoms with van der Waals surface area (Å²) in [6, 6.07) is 4.03. The van der Waals surface area contributed by atoms with E-state index in [9.17, 15) is 8.78 Å². The average molecular weight is 237 g/mol. The minimum absolute atomic E-state index is 0.588. The zero-order chi connectivity index (χ0) is 12.1. The van der Waals surface area contributed by atoms with E-state index in [0.717, 1.165) is 18.5 Å². The van der Waals surface area contributed by atoms with Gasteiger partial charge in [-0.15, -0.1) is 0 Å². The van der Waals surface area contributed by atoms with E-state index in [1.54, 1.807) is 6.07 Å². The Labute approximate surface area is 101 Å². The van der Waals surface area contributed by atoms with Gasteiger partial charge in [-0.1, -0.05) is 17.7 Å². The van der Waals surface area contributed by atoms with Gasteiger partial charge in [-0.2, -0.15) is 0 Å². The summed E-state index contributed by atoms with van der Waals surface area (Å²) >= 11 is 0. The molecule has 1 aliphatic rings. The fourth-order valence-electron chi connectivity index (χ4n) is 2.10. The lowest BCUT2D eigenvalue weighted by atomic mass is 10.1. The number of nitrogens with one attached hydrogen (secondary N) is 1. The van der Waals surface area contributed by atoms with Crippen LogP contribution in [0.5, 0.6) is 0 Å². The molecule has 0 saturated carbocycles. The normalized spacial score (nSPS) is 15.1. The van der Waals surface area contributed by atoms with E-state index in [1.807, 2.05) is 0 Å². The van der Waals surface area contributed by atoms with Gasteiger partial charge in [-0.05, 0) is 49.9 Å². The van der Waals surface area contributed by atoms with Crippen molar-refractivity contribution in [1.29, 1.82) is 0 Å². The highest BCUT2D eigenvalue weighted by molar-refractivity contribution is 5.17. The van der Waals surface area contributed by atoms with Gasteiger partial charge < -0.3 is 5.32 Å². The van der Waals surface area contributed by atoms with Gasteiger partial charge in [0, 0.05) is 6.54 Å². The molecule has 0 bridgehead atoms. The summed E-state index contributed by atoms with van der Waals surface area (Å²) in [6.07, 6.45) is 7.06. The van der Waals surface area contributed by atoms with E-state index >= 15 is 0 Å². The Morgan fingerprint density at radius 1 is 1.18 bits per heavy atom. The van der Waals surface area contributed by atoms with Crippen molar-refractivity contribution in [2.75, 3.05) is 6.54 Å². The van der Waals surface area contributed by atoms with Gasteiger partial charge in [0.25, 0.3) is 0 Å². The first-order valence-corrected chi connectivity index (χ1v) is 6.08. The molecular weight excluding hydrogens is 220 g/mol. The summed E-state index contributed by atoms with van der Waals surface area (Å²) in [6.45, 7) is 1.48. The molecule has 0 amide bonds. The van der Waals surface area contributed by atoms with Crippen LogP contribution in [0.25, 0.3) is 0 Å². The Morgan fingerprint density at radius 2 is 2.06 bits per heavy atom. The van der Waals surface area contributed by atoms with Crippen molar-refractivity contribution in [3.05, 3.63) is 47.0 Å². The molecule has 1 nitrogen and oxygen atoms in total. The number of allylic oxidation sites excluding steroid dienone is 1. The number of benzene rings is 1. The highest BCUT2D eigenvalue weighted by atomic mass is 19.2. The quantitative estimate of drug-likeness (QED) is 0.610. The van der Waals surface area contributed by atoms with Crippen molar-refractivity contribution in [3.8, 4) is 0 Å². The van der Waals surface area contributed by atoms with E-state index in [2.05, 4.69) is 11.4 Å². The average Bonchev–Trinajstić information content (AvgIpc) is 2.82. The van der Waals surface area contributed by atoms with Crippen LogP contribution in [-0.2, 0) is 6.54 Å². The Morgan fingerprint density at radius 3 is 2.76 bits per heavy atom. The topological polar surface area (TPSA) is 12.0 Å². The van der Waals surface area contributed by atoms with Crippen molar-refractivity contribution in [3.63, 3.8) is 0 Å². The maximum absolute atomic E-state index is 12.9. The first-order chi connectivity index (χ1) is 8.25. The van der Waals surface area contributed by atoms with Crippen LogP contribution in [0.3, 0.4) is 0 Å². The molecule has 0 heterocycles. The Balaban J connectivity index is 1.72. The number of hydrogen-bond acceptors (Lipinski definition) is 1. The van der Waals surface area contributed by atoms with Crippen LogP contribution in [-0.4, -0.2) is 6.54 Å². The molecule has 1 aromatic rings. The van der Waals surface area contributed by atoms with Gasteiger partial charge in [-0.3, -0.25) is 0 Å². The maximum Gasteiger partial charge on any atom is 0.159 e. The first-order valence-electron chi connectivity index (χ1n) is 6.08. The smallest absolute Gasteiger partial charge is 0.159 e. The van der Waals surface area contributed by atoms with Crippen LogP contribution in [0, 0.1) is 11.6 Å². The highest BCUT2D eigenvalue weighted by Gasteiger charge is 2.04. The second kappa shape index (κ2) is 5.92. The fraction of sp³-hybridized carbons (Fsp3) is 0.429. The van der Waals surface area contributed by atoms with Gasteiger partial charge in [0.05, 0.1) is 0 Å². The minimum Gasteiger partial charge on any atom is -0.312 e. The van der Waals surface area contributed by atoms with Crippen LogP contribution in [0.1, 0.15) is 31.2 Å². The molecule has 17 heavy (non-hydrogen) atoms. The van der Waals surface area contributed by atoms with Gasteiger partial charge >= 0.3 is 0 Å². The van der Waals surface area contributed by atoms with Gasteiger partial charge in [0.2, 0.25) is 0 Å². The lowest BCUT2D eigenvalue weighted by Gasteiger charge is -2.06. The van der Waals surface area contributed by atoms with E-state index in [4.69, 9.17) is 0 Å².